The van der Waals surface area contributed by atoms with Crippen LogP contribution in [0, 0.1) is 17.0 Å². The fraction of sp³-hybridized carbons (Fsp3) is 0.353. The molecule has 10 heteroatoms. The van der Waals surface area contributed by atoms with E-state index in [9.17, 15) is 19.7 Å². The van der Waals surface area contributed by atoms with E-state index in [0.717, 1.165) is 0 Å². The van der Waals surface area contributed by atoms with Crippen molar-refractivity contribution in [1.29, 1.82) is 0 Å². The molecule has 27 heavy (non-hydrogen) atoms. The molecule has 0 atom stereocenters. The molecule has 0 saturated carbocycles. The number of aromatic nitrogens is 1. The number of nitrogens with zero attached hydrogens (tertiary/aromatic N) is 2. The highest BCUT2D eigenvalue weighted by Crippen LogP contribution is 2.15. The Labute approximate surface area is 155 Å². The van der Waals surface area contributed by atoms with Crippen LogP contribution in [0.1, 0.15) is 28.7 Å². The summed E-state index contributed by atoms with van der Waals surface area (Å²) in [5, 5.41) is 20.0. The van der Waals surface area contributed by atoms with Crippen molar-refractivity contribution in [2.24, 2.45) is 0 Å². The number of nitro benzene ring substituents is 1. The second-order valence-corrected chi connectivity index (χ2v) is 5.57. The average Bonchev–Trinajstić information content (AvgIpc) is 3.04. The minimum Gasteiger partial charge on any atom is -0.452 e. The number of rotatable bonds is 9. The SMILES string of the molecule is CCc1noc(C)c1C(=O)OCC(=O)NCCNc1ccc([N+](=O)[O-])cc1. The Bertz CT molecular complexity index is 815. The number of benzene rings is 1. The van der Waals surface area contributed by atoms with Gasteiger partial charge in [0.1, 0.15) is 11.3 Å². The van der Waals surface area contributed by atoms with E-state index in [1.54, 1.807) is 19.1 Å². The second kappa shape index (κ2) is 9.32. The molecule has 0 aliphatic heterocycles. The molecule has 1 aromatic carbocycles. The highest BCUT2D eigenvalue weighted by Gasteiger charge is 2.21. The van der Waals surface area contributed by atoms with Crippen LogP contribution in [-0.2, 0) is 16.0 Å². The van der Waals surface area contributed by atoms with E-state index in [4.69, 9.17) is 9.26 Å². The van der Waals surface area contributed by atoms with Gasteiger partial charge in [0.25, 0.3) is 11.6 Å². The molecule has 2 N–H and O–H groups in total. The summed E-state index contributed by atoms with van der Waals surface area (Å²) in [7, 11) is 0. The molecule has 2 rings (SSSR count). The molecular formula is C17H20N4O6. The second-order valence-electron chi connectivity index (χ2n) is 5.57. The number of hydrogen-bond acceptors (Lipinski definition) is 8. The van der Waals surface area contributed by atoms with Gasteiger partial charge in [0.15, 0.2) is 6.61 Å². The summed E-state index contributed by atoms with van der Waals surface area (Å²) in [6, 6.07) is 5.93. The molecule has 0 spiro atoms. The first-order valence-corrected chi connectivity index (χ1v) is 8.29. The first-order chi connectivity index (χ1) is 12.9. The first kappa shape index (κ1) is 19.9. The van der Waals surface area contributed by atoms with E-state index in [0.29, 0.717) is 36.7 Å². The zero-order chi connectivity index (χ0) is 19.8. The molecule has 0 radical (unpaired) electrons. The maximum atomic E-state index is 12.0. The predicted molar refractivity (Wildman–Crippen MR) is 95.5 cm³/mol. The monoisotopic (exact) mass is 376 g/mol. The van der Waals surface area contributed by atoms with Gasteiger partial charge in [-0.2, -0.15) is 0 Å². The lowest BCUT2D eigenvalue weighted by atomic mass is 10.1. The third kappa shape index (κ3) is 5.53. The third-order valence-electron chi connectivity index (χ3n) is 3.66. The van der Waals surface area contributed by atoms with Gasteiger partial charge < -0.3 is 19.9 Å². The van der Waals surface area contributed by atoms with Crippen LogP contribution in [0.5, 0.6) is 0 Å². The number of carbonyl (C=O) groups is 2. The minimum absolute atomic E-state index is 0.00459. The number of aryl methyl sites for hydroxylation is 2. The number of nitro groups is 1. The first-order valence-electron chi connectivity index (χ1n) is 8.29. The molecule has 1 aromatic heterocycles. The molecular weight excluding hydrogens is 356 g/mol. The van der Waals surface area contributed by atoms with E-state index >= 15 is 0 Å². The van der Waals surface area contributed by atoms with Crippen LogP contribution in [0.2, 0.25) is 0 Å². The largest absolute Gasteiger partial charge is 0.452 e. The van der Waals surface area contributed by atoms with Crippen LogP contribution in [-0.4, -0.2) is 41.7 Å². The Balaban J connectivity index is 1.69. The lowest BCUT2D eigenvalue weighted by Gasteiger charge is -2.08. The Kier molecular flexibility index (Phi) is 6.86. The molecule has 0 aliphatic rings. The summed E-state index contributed by atoms with van der Waals surface area (Å²) in [5.41, 5.74) is 1.44. The Morgan fingerprint density at radius 1 is 1.26 bits per heavy atom. The molecule has 0 unspecified atom stereocenters. The van der Waals surface area contributed by atoms with Gasteiger partial charge in [-0.25, -0.2) is 4.79 Å². The zero-order valence-corrected chi connectivity index (χ0v) is 15.0. The van der Waals surface area contributed by atoms with E-state index in [-0.39, 0.29) is 11.3 Å². The Hall–Kier alpha value is -3.43. The highest BCUT2D eigenvalue weighted by atomic mass is 16.6. The number of anilines is 1. The van der Waals surface area contributed by atoms with Gasteiger partial charge in [0.05, 0.1) is 10.6 Å². The minimum atomic E-state index is -0.648. The van der Waals surface area contributed by atoms with Crippen molar-refractivity contribution >= 4 is 23.3 Å². The molecule has 0 aliphatic carbocycles. The summed E-state index contributed by atoms with van der Waals surface area (Å²) >= 11 is 0. The zero-order valence-electron chi connectivity index (χ0n) is 15.0. The van der Waals surface area contributed by atoms with Crippen molar-refractivity contribution in [2.45, 2.75) is 20.3 Å². The van der Waals surface area contributed by atoms with Gasteiger partial charge in [-0.3, -0.25) is 14.9 Å². The maximum Gasteiger partial charge on any atom is 0.344 e. The maximum absolute atomic E-state index is 12.0. The van der Waals surface area contributed by atoms with Crippen LogP contribution >= 0.6 is 0 Å². The molecule has 1 amide bonds. The summed E-state index contributed by atoms with van der Waals surface area (Å²) in [4.78, 5) is 33.9. The van der Waals surface area contributed by atoms with Crippen LogP contribution in [0.15, 0.2) is 28.8 Å². The van der Waals surface area contributed by atoms with Crippen LogP contribution in [0.4, 0.5) is 11.4 Å². The standard InChI is InChI=1S/C17H20N4O6/c1-3-14-16(11(2)27-20-14)17(23)26-10-15(22)19-9-8-18-12-4-6-13(7-5-12)21(24)25/h4-7,18H,3,8-10H2,1-2H3,(H,19,22). The molecule has 10 nitrogen and oxygen atoms in total. The van der Waals surface area contributed by atoms with Crippen molar-refractivity contribution in [3.05, 3.63) is 51.4 Å². The predicted octanol–water partition coefficient (Wildman–Crippen LogP) is 1.84. The van der Waals surface area contributed by atoms with Gasteiger partial charge in [0.2, 0.25) is 0 Å². The fourth-order valence-corrected chi connectivity index (χ4v) is 2.28. The van der Waals surface area contributed by atoms with Crippen molar-refractivity contribution in [2.75, 3.05) is 25.0 Å². The number of carbonyl (C=O) groups excluding carboxylic acids is 2. The fourth-order valence-electron chi connectivity index (χ4n) is 2.28. The van der Waals surface area contributed by atoms with Crippen molar-refractivity contribution in [1.82, 2.24) is 10.5 Å². The van der Waals surface area contributed by atoms with Crippen molar-refractivity contribution in [3.63, 3.8) is 0 Å². The quantitative estimate of drug-likeness (QED) is 0.293. The molecule has 0 fully saturated rings. The Morgan fingerprint density at radius 2 is 1.96 bits per heavy atom. The van der Waals surface area contributed by atoms with Gasteiger partial charge >= 0.3 is 5.97 Å². The van der Waals surface area contributed by atoms with E-state index < -0.39 is 23.4 Å². The highest BCUT2D eigenvalue weighted by molar-refractivity contribution is 5.93. The molecule has 0 bridgehead atoms. The van der Waals surface area contributed by atoms with Gasteiger partial charge in [-0.05, 0) is 25.5 Å². The number of hydrogen-bond donors (Lipinski definition) is 2. The lowest BCUT2D eigenvalue weighted by Crippen LogP contribution is -2.32. The average molecular weight is 376 g/mol. The topological polar surface area (TPSA) is 137 Å². The molecule has 0 saturated heterocycles. The number of ether oxygens (including phenoxy) is 1. The summed E-state index contributed by atoms with van der Waals surface area (Å²) in [6.07, 6.45) is 0.516. The molecule has 1 heterocycles. The van der Waals surface area contributed by atoms with Gasteiger partial charge in [-0.1, -0.05) is 12.1 Å². The normalized spacial score (nSPS) is 10.3. The molecule has 2 aromatic rings. The van der Waals surface area contributed by atoms with Gasteiger partial charge in [0, 0.05) is 30.9 Å². The summed E-state index contributed by atoms with van der Waals surface area (Å²) < 4.78 is 9.95. The third-order valence-corrected chi connectivity index (χ3v) is 3.66. The van der Waals surface area contributed by atoms with Crippen LogP contribution in [0.25, 0.3) is 0 Å². The summed E-state index contributed by atoms with van der Waals surface area (Å²) in [6.45, 7) is 3.72. The number of nitrogens with one attached hydrogen (secondary N) is 2. The Morgan fingerprint density at radius 3 is 2.59 bits per heavy atom. The smallest absolute Gasteiger partial charge is 0.344 e. The lowest BCUT2D eigenvalue weighted by molar-refractivity contribution is -0.384. The van der Waals surface area contributed by atoms with Crippen molar-refractivity contribution < 1.29 is 23.8 Å². The molecule has 144 valence electrons. The number of esters is 1. The summed E-state index contributed by atoms with van der Waals surface area (Å²) in [5.74, 6) is -0.740. The van der Waals surface area contributed by atoms with Crippen LogP contribution in [0.3, 0.4) is 0 Å². The van der Waals surface area contributed by atoms with Gasteiger partial charge in [-0.15, -0.1) is 0 Å². The number of non-ortho nitro benzene ring substituents is 1. The van der Waals surface area contributed by atoms with E-state index in [2.05, 4.69) is 15.8 Å². The van der Waals surface area contributed by atoms with Crippen molar-refractivity contribution in [3.8, 4) is 0 Å². The van der Waals surface area contributed by atoms with E-state index in [1.807, 2.05) is 6.92 Å². The van der Waals surface area contributed by atoms with Crippen LogP contribution < -0.4 is 10.6 Å². The van der Waals surface area contributed by atoms with E-state index in [1.165, 1.54) is 12.1 Å². The number of amides is 1.